The topological polar surface area (TPSA) is 113 Å². The van der Waals surface area contributed by atoms with Crippen molar-refractivity contribution >= 4 is 63.9 Å². The van der Waals surface area contributed by atoms with Gasteiger partial charge in [0.1, 0.15) is 0 Å². The fourth-order valence-electron chi connectivity index (χ4n) is 2.70. The van der Waals surface area contributed by atoms with E-state index in [1.54, 1.807) is 48.5 Å². The van der Waals surface area contributed by atoms with Crippen molar-refractivity contribution in [2.45, 2.75) is 0 Å². The summed E-state index contributed by atoms with van der Waals surface area (Å²) in [6, 6.07) is 19.1. The summed E-state index contributed by atoms with van der Waals surface area (Å²) in [4.78, 5) is 34.8. The molecule has 0 saturated heterocycles. The van der Waals surface area contributed by atoms with Crippen LogP contribution in [0, 0.1) is 10.1 Å². The van der Waals surface area contributed by atoms with Gasteiger partial charge in [0, 0.05) is 40.2 Å². The van der Waals surface area contributed by atoms with Gasteiger partial charge < -0.3 is 10.6 Å². The Hall–Kier alpha value is -4.08. The Balaban J connectivity index is 1.56. The van der Waals surface area contributed by atoms with E-state index in [1.807, 2.05) is 0 Å². The summed E-state index contributed by atoms with van der Waals surface area (Å²) in [5, 5.41) is 19.3. The highest BCUT2D eigenvalue weighted by Crippen LogP contribution is 2.17. The van der Waals surface area contributed by atoms with Crippen molar-refractivity contribution in [3.63, 3.8) is 0 Å². The minimum Gasteiger partial charge on any atom is -0.332 e. The third-order valence-electron chi connectivity index (χ3n) is 4.23. The molecule has 0 aliphatic rings. The number of hydrogen-bond acceptors (Lipinski definition) is 5. The van der Waals surface area contributed by atoms with Gasteiger partial charge in [-0.3, -0.25) is 25.0 Å². The highest BCUT2D eigenvalue weighted by Gasteiger charge is 2.09. The zero-order valence-electron chi connectivity index (χ0n) is 16.9. The van der Waals surface area contributed by atoms with Gasteiger partial charge in [-0.05, 0) is 72.4 Å². The molecule has 0 heterocycles. The van der Waals surface area contributed by atoms with Gasteiger partial charge in [-0.25, -0.2) is 0 Å². The van der Waals surface area contributed by atoms with Crippen LogP contribution < -0.4 is 16.0 Å². The number of non-ortho nitro benzene ring substituents is 1. The van der Waals surface area contributed by atoms with Gasteiger partial charge in [-0.2, -0.15) is 0 Å². The third kappa shape index (κ3) is 7.23. The fraction of sp³-hybridized carbons (Fsp3) is 0. The first-order valence-electron chi connectivity index (χ1n) is 9.51. The second-order valence-electron chi connectivity index (χ2n) is 6.67. The van der Waals surface area contributed by atoms with Crippen LogP contribution >= 0.6 is 23.8 Å². The Labute approximate surface area is 199 Å². The third-order valence-corrected chi connectivity index (χ3v) is 4.67. The Bertz CT molecular complexity index is 1250. The second-order valence-corrected chi connectivity index (χ2v) is 7.52. The number of carbonyl (C=O) groups is 2. The smallest absolute Gasteiger partial charge is 0.269 e. The first kappa shape index (κ1) is 23.6. The molecule has 3 N–H and O–H groups in total. The summed E-state index contributed by atoms with van der Waals surface area (Å²) in [7, 11) is 0. The highest BCUT2D eigenvalue weighted by molar-refractivity contribution is 7.80. The lowest BCUT2D eigenvalue weighted by molar-refractivity contribution is -0.384. The van der Waals surface area contributed by atoms with Gasteiger partial charge in [0.15, 0.2) is 5.11 Å². The average molecular weight is 481 g/mol. The molecule has 0 atom stereocenters. The molecule has 0 aliphatic heterocycles. The van der Waals surface area contributed by atoms with Crippen LogP contribution in [0.2, 0.25) is 5.02 Å². The van der Waals surface area contributed by atoms with Crippen molar-refractivity contribution in [2.75, 3.05) is 10.6 Å². The number of halogens is 1. The number of thiocarbonyl (C=S) groups is 1. The number of nitrogens with zero attached hydrogens (tertiary/aromatic N) is 1. The maximum Gasteiger partial charge on any atom is 0.269 e. The van der Waals surface area contributed by atoms with Gasteiger partial charge in [0.25, 0.3) is 11.6 Å². The Morgan fingerprint density at radius 1 is 0.939 bits per heavy atom. The van der Waals surface area contributed by atoms with E-state index in [9.17, 15) is 19.7 Å². The highest BCUT2D eigenvalue weighted by atomic mass is 35.5. The molecule has 0 unspecified atom stereocenters. The van der Waals surface area contributed by atoms with E-state index in [-0.39, 0.29) is 16.7 Å². The number of benzene rings is 3. The van der Waals surface area contributed by atoms with Crippen LogP contribution in [-0.2, 0) is 4.79 Å². The van der Waals surface area contributed by atoms with E-state index in [0.29, 0.717) is 27.5 Å². The molecule has 3 aromatic rings. The van der Waals surface area contributed by atoms with E-state index < -0.39 is 10.8 Å². The largest absolute Gasteiger partial charge is 0.332 e. The van der Waals surface area contributed by atoms with Crippen molar-refractivity contribution in [3.05, 3.63) is 105 Å². The maximum absolute atomic E-state index is 12.5. The normalized spacial score (nSPS) is 10.5. The van der Waals surface area contributed by atoms with Crippen molar-refractivity contribution in [3.8, 4) is 0 Å². The van der Waals surface area contributed by atoms with Crippen LogP contribution in [-0.4, -0.2) is 21.9 Å². The molecule has 8 nitrogen and oxygen atoms in total. The molecule has 0 spiro atoms. The lowest BCUT2D eigenvalue weighted by atomic mass is 10.2. The maximum atomic E-state index is 12.5. The van der Waals surface area contributed by atoms with Gasteiger partial charge in [-0.15, -0.1) is 0 Å². The molecule has 3 rings (SSSR count). The van der Waals surface area contributed by atoms with E-state index in [0.717, 1.165) is 0 Å². The van der Waals surface area contributed by atoms with Crippen LogP contribution in [0.25, 0.3) is 6.08 Å². The summed E-state index contributed by atoms with van der Waals surface area (Å²) in [5.74, 6) is -0.817. The number of hydrogen-bond donors (Lipinski definition) is 3. The summed E-state index contributed by atoms with van der Waals surface area (Å²) in [6.07, 6.45) is 2.76. The molecular weight excluding hydrogens is 464 g/mol. The molecule has 0 aliphatic carbocycles. The molecule has 0 aromatic heterocycles. The standard InChI is InChI=1S/C23H17ClN4O4S/c24-17-4-2-6-19(14-17)25-22(30)16-3-1-5-18(13-16)26-23(33)27-21(29)12-9-15-7-10-20(11-8-15)28(31)32/h1-14H,(H,25,30)(H2,26,27,29,33)/b12-9+. The van der Waals surface area contributed by atoms with Gasteiger partial charge in [-0.1, -0.05) is 23.7 Å². The molecule has 33 heavy (non-hydrogen) atoms. The summed E-state index contributed by atoms with van der Waals surface area (Å²) in [5.41, 5.74) is 2.04. The van der Waals surface area contributed by atoms with Crippen molar-refractivity contribution in [2.24, 2.45) is 0 Å². The Morgan fingerprint density at radius 2 is 1.61 bits per heavy atom. The van der Waals surface area contributed by atoms with Crippen LogP contribution in [0.3, 0.4) is 0 Å². The first-order chi connectivity index (χ1) is 15.8. The number of rotatable bonds is 6. The van der Waals surface area contributed by atoms with Crippen LogP contribution in [0.5, 0.6) is 0 Å². The molecule has 2 amide bonds. The molecular formula is C23H17ClN4O4S. The number of nitro groups is 1. The van der Waals surface area contributed by atoms with Gasteiger partial charge in [0.05, 0.1) is 4.92 Å². The summed E-state index contributed by atoms with van der Waals surface area (Å²) < 4.78 is 0. The predicted octanol–water partition coefficient (Wildman–Crippen LogP) is 5.03. The zero-order valence-corrected chi connectivity index (χ0v) is 18.5. The number of carbonyl (C=O) groups excluding carboxylic acids is 2. The molecule has 3 aromatic carbocycles. The van der Waals surface area contributed by atoms with E-state index >= 15 is 0 Å². The SMILES string of the molecule is O=C(/C=C/c1ccc([N+](=O)[O-])cc1)NC(=S)Nc1cccc(C(=O)Nc2cccc(Cl)c2)c1. The predicted molar refractivity (Wildman–Crippen MR) is 132 cm³/mol. The van der Waals surface area contributed by atoms with Crippen molar-refractivity contribution < 1.29 is 14.5 Å². The zero-order chi connectivity index (χ0) is 23.8. The molecule has 0 fully saturated rings. The molecule has 0 radical (unpaired) electrons. The number of anilines is 2. The summed E-state index contributed by atoms with van der Waals surface area (Å²) >= 11 is 11.1. The van der Waals surface area contributed by atoms with E-state index in [4.69, 9.17) is 23.8 Å². The molecule has 10 heteroatoms. The van der Waals surface area contributed by atoms with Gasteiger partial charge in [0.2, 0.25) is 5.91 Å². The van der Waals surface area contributed by atoms with E-state index in [2.05, 4.69) is 16.0 Å². The fourth-order valence-corrected chi connectivity index (χ4v) is 3.11. The molecule has 166 valence electrons. The Morgan fingerprint density at radius 3 is 2.27 bits per heavy atom. The molecule has 0 bridgehead atoms. The number of amides is 2. The van der Waals surface area contributed by atoms with E-state index in [1.165, 1.54) is 36.4 Å². The van der Waals surface area contributed by atoms with Gasteiger partial charge >= 0.3 is 0 Å². The van der Waals surface area contributed by atoms with Crippen molar-refractivity contribution in [1.82, 2.24) is 5.32 Å². The van der Waals surface area contributed by atoms with Crippen LogP contribution in [0.15, 0.2) is 78.9 Å². The summed E-state index contributed by atoms with van der Waals surface area (Å²) in [6.45, 7) is 0. The first-order valence-corrected chi connectivity index (χ1v) is 10.3. The quantitative estimate of drug-likeness (QED) is 0.197. The lowest BCUT2D eigenvalue weighted by Gasteiger charge is -2.10. The van der Waals surface area contributed by atoms with Crippen LogP contribution in [0.1, 0.15) is 15.9 Å². The minimum absolute atomic E-state index is 0.0366. The molecule has 0 saturated carbocycles. The lowest BCUT2D eigenvalue weighted by Crippen LogP contribution is -2.32. The van der Waals surface area contributed by atoms with Crippen molar-refractivity contribution in [1.29, 1.82) is 0 Å². The minimum atomic E-state index is -0.500. The average Bonchev–Trinajstić information content (AvgIpc) is 2.78. The number of nitrogens with one attached hydrogen (secondary N) is 3. The number of nitro benzene ring substituents is 1. The monoisotopic (exact) mass is 480 g/mol. The second kappa shape index (κ2) is 11.0. The van der Waals surface area contributed by atoms with Crippen LogP contribution in [0.4, 0.5) is 17.1 Å². The Kier molecular flexibility index (Phi) is 7.85.